The summed E-state index contributed by atoms with van der Waals surface area (Å²) in [7, 11) is 0. The highest BCUT2D eigenvalue weighted by Gasteiger charge is 2.34. The van der Waals surface area contributed by atoms with Gasteiger partial charge < -0.3 is 25.7 Å². The van der Waals surface area contributed by atoms with Crippen LogP contribution in [0.1, 0.15) is 65.6 Å². The van der Waals surface area contributed by atoms with Gasteiger partial charge in [0.05, 0.1) is 24.3 Å². The topological polar surface area (TPSA) is 114 Å². The van der Waals surface area contributed by atoms with Crippen molar-refractivity contribution in [3.63, 3.8) is 0 Å². The first-order chi connectivity index (χ1) is 21.3. The maximum atomic E-state index is 14.7. The molecule has 242 valence electrons. The highest BCUT2D eigenvalue weighted by atomic mass is 19.4. The molecule has 0 saturated carbocycles. The summed E-state index contributed by atoms with van der Waals surface area (Å²) < 4.78 is 81.2. The molecule has 3 rings (SSSR count). The van der Waals surface area contributed by atoms with E-state index in [-0.39, 0.29) is 36.5 Å². The number of carbonyl (C=O) groups is 2. The van der Waals surface area contributed by atoms with Gasteiger partial charge in [0.15, 0.2) is 0 Å². The number of nitrogen functional groups attached to an aromatic ring is 2. The molecule has 0 heterocycles. The first-order valence-corrected chi connectivity index (χ1v) is 14.3. The molecule has 45 heavy (non-hydrogen) atoms. The van der Waals surface area contributed by atoms with Crippen LogP contribution in [0, 0.1) is 0 Å². The van der Waals surface area contributed by atoms with Crippen LogP contribution in [-0.4, -0.2) is 31.3 Å². The molecule has 3 aromatic rings. The van der Waals surface area contributed by atoms with Crippen molar-refractivity contribution >= 4 is 29.4 Å². The van der Waals surface area contributed by atoms with Gasteiger partial charge in [-0.1, -0.05) is 30.7 Å². The van der Waals surface area contributed by atoms with Crippen molar-refractivity contribution < 1.29 is 45.8 Å². The van der Waals surface area contributed by atoms with E-state index >= 15 is 0 Å². The smallest absolute Gasteiger partial charge is 0.426 e. The quantitative estimate of drug-likeness (QED) is 0.0543. The molecule has 0 aliphatic heterocycles. The lowest BCUT2D eigenvalue weighted by Gasteiger charge is -2.18. The van der Waals surface area contributed by atoms with Crippen molar-refractivity contribution in [2.45, 2.75) is 57.2 Å². The van der Waals surface area contributed by atoms with E-state index in [1.807, 2.05) is 0 Å². The Kier molecular flexibility index (Phi) is 12.8. The molecule has 0 unspecified atom stereocenters. The summed E-state index contributed by atoms with van der Waals surface area (Å²) >= 11 is 0. The molecule has 0 aliphatic carbocycles. The second-order valence-electron chi connectivity index (χ2n) is 10.3. The monoisotopic (exact) mass is 634 g/mol. The number of alkyl halides is 5. The molecule has 3 aromatic carbocycles. The second-order valence-corrected chi connectivity index (χ2v) is 10.3. The van der Waals surface area contributed by atoms with Crippen LogP contribution >= 0.6 is 0 Å². The van der Waals surface area contributed by atoms with Gasteiger partial charge in [0.25, 0.3) is 0 Å². The number of anilines is 2. The number of esters is 2. The summed E-state index contributed by atoms with van der Waals surface area (Å²) in [5, 5.41) is 0. The summed E-state index contributed by atoms with van der Waals surface area (Å²) in [5.74, 6) is -1.24. The molecule has 0 aliphatic rings. The molecule has 0 saturated heterocycles. The summed E-state index contributed by atoms with van der Waals surface area (Å²) in [6.45, 7) is 0.230. The zero-order valence-electron chi connectivity index (χ0n) is 24.5. The minimum Gasteiger partial charge on any atom is -0.463 e. The summed E-state index contributed by atoms with van der Waals surface area (Å²) in [6, 6.07) is 15.6. The number of hydrogen-bond donors (Lipinski definition) is 2. The Bertz CT molecular complexity index is 1400. The predicted octanol–water partition coefficient (Wildman–Crippen LogP) is 7.84. The third-order valence-corrected chi connectivity index (χ3v) is 6.48. The van der Waals surface area contributed by atoms with Gasteiger partial charge in [-0.05, 0) is 91.8 Å². The van der Waals surface area contributed by atoms with Crippen LogP contribution in [-0.2, 0) is 26.8 Å². The number of hydrogen-bond acceptors (Lipinski definition) is 7. The van der Waals surface area contributed by atoms with E-state index in [2.05, 4.69) is 0 Å². The SMILES string of the molecule is Nc1cc(N)cc(C(=O)OCCCCOC(=O)C=Cc2ccc(OC(F)(F)c3ccc(CCCCCC(F)(F)F)cc3)cc2)c1. The number of halogens is 5. The lowest BCUT2D eigenvalue weighted by atomic mass is 10.0. The molecule has 0 atom stereocenters. The number of rotatable bonds is 16. The third-order valence-electron chi connectivity index (χ3n) is 6.48. The maximum absolute atomic E-state index is 14.7. The van der Waals surface area contributed by atoms with Crippen molar-refractivity contribution in [2.75, 3.05) is 24.7 Å². The Morgan fingerprint density at radius 2 is 1.36 bits per heavy atom. The van der Waals surface area contributed by atoms with Crippen LogP contribution in [0.15, 0.2) is 72.8 Å². The van der Waals surface area contributed by atoms with Crippen LogP contribution < -0.4 is 16.2 Å². The number of unbranched alkanes of at least 4 members (excludes halogenated alkanes) is 3. The highest BCUT2D eigenvalue weighted by molar-refractivity contribution is 5.91. The van der Waals surface area contributed by atoms with Crippen LogP contribution in [0.4, 0.5) is 33.3 Å². The predicted molar refractivity (Wildman–Crippen MR) is 160 cm³/mol. The minimum atomic E-state index is -4.17. The molecule has 4 N–H and O–H groups in total. The molecule has 0 aromatic heterocycles. The molecule has 0 bridgehead atoms. The number of nitrogens with two attached hydrogens (primary N) is 2. The summed E-state index contributed by atoms with van der Waals surface area (Å²) in [6.07, 6.45) is -3.56. The van der Waals surface area contributed by atoms with Gasteiger partial charge in [-0.2, -0.15) is 22.0 Å². The highest BCUT2D eigenvalue weighted by Crippen LogP contribution is 2.32. The number of carbonyl (C=O) groups excluding carboxylic acids is 2. The molecular weight excluding hydrogens is 599 g/mol. The van der Waals surface area contributed by atoms with Crippen molar-refractivity contribution in [2.24, 2.45) is 0 Å². The van der Waals surface area contributed by atoms with E-state index in [9.17, 15) is 31.5 Å². The van der Waals surface area contributed by atoms with Crippen molar-refractivity contribution in [3.8, 4) is 5.75 Å². The van der Waals surface area contributed by atoms with Crippen LogP contribution in [0.5, 0.6) is 5.75 Å². The Balaban J connectivity index is 1.35. The Hall–Kier alpha value is -4.61. The fraction of sp³-hybridized carbons (Fsp3) is 0.333. The van der Waals surface area contributed by atoms with Crippen LogP contribution in [0.3, 0.4) is 0 Å². The number of benzene rings is 3. The molecule has 0 radical (unpaired) electrons. The Morgan fingerprint density at radius 3 is 1.98 bits per heavy atom. The molecule has 0 spiro atoms. The van der Waals surface area contributed by atoms with Gasteiger partial charge >= 0.3 is 24.2 Å². The van der Waals surface area contributed by atoms with Gasteiger partial charge in [0, 0.05) is 23.9 Å². The summed E-state index contributed by atoms with van der Waals surface area (Å²) in [5.41, 5.74) is 13.2. The Morgan fingerprint density at radius 1 is 0.733 bits per heavy atom. The van der Waals surface area contributed by atoms with Crippen molar-refractivity contribution in [1.29, 1.82) is 0 Å². The molecule has 7 nitrogen and oxygen atoms in total. The maximum Gasteiger partial charge on any atom is 0.426 e. The molecule has 12 heteroatoms. The number of ether oxygens (including phenoxy) is 3. The first kappa shape index (κ1) is 34.9. The normalized spacial score (nSPS) is 11.8. The first-order valence-electron chi connectivity index (χ1n) is 14.3. The lowest BCUT2D eigenvalue weighted by Crippen LogP contribution is -2.21. The standard InChI is InChI=1S/C33H35F5N2O5/c34-32(35,36)17-3-1-2-6-23-7-12-26(13-8-23)33(37,38)45-29-14-9-24(10-15-29)11-16-30(41)43-18-4-5-19-44-31(42)25-20-27(39)22-28(40)21-25/h7-16,20-22H,1-6,17-19,39-40H2. The average Bonchev–Trinajstić information content (AvgIpc) is 2.97. The zero-order chi connectivity index (χ0) is 32.9. The van der Waals surface area contributed by atoms with Crippen LogP contribution in [0.25, 0.3) is 6.08 Å². The van der Waals surface area contributed by atoms with E-state index in [0.29, 0.717) is 49.0 Å². The number of aryl methyl sites for hydroxylation is 1. The van der Waals surface area contributed by atoms with Gasteiger partial charge in [0.2, 0.25) is 0 Å². The zero-order valence-corrected chi connectivity index (χ0v) is 24.5. The van der Waals surface area contributed by atoms with Gasteiger partial charge in [-0.3, -0.25) is 0 Å². The van der Waals surface area contributed by atoms with Crippen LogP contribution in [0.2, 0.25) is 0 Å². The van der Waals surface area contributed by atoms with Crippen molar-refractivity contribution in [3.05, 3.63) is 95.1 Å². The van der Waals surface area contributed by atoms with E-state index in [1.165, 1.54) is 78.9 Å². The average molecular weight is 635 g/mol. The second kappa shape index (κ2) is 16.5. The third kappa shape index (κ3) is 12.9. The molecule has 0 fully saturated rings. The lowest BCUT2D eigenvalue weighted by molar-refractivity contribution is -0.185. The largest absolute Gasteiger partial charge is 0.463 e. The van der Waals surface area contributed by atoms with E-state index in [4.69, 9.17) is 25.7 Å². The fourth-order valence-electron chi connectivity index (χ4n) is 4.18. The Labute approximate surface area is 258 Å². The molecular formula is C33H35F5N2O5. The van der Waals surface area contributed by atoms with E-state index < -0.39 is 30.6 Å². The van der Waals surface area contributed by atoms with E-state index in [0.717, 1.165) is 5.56 Å². The van der Waals surface area contributed by atoms with Gasteiger partial charge in [0.1, 0.15) is 5.75 Å². The minimum absolute atomic E-state index is 0.0396. The summed E-state index contributed by atoms with van der Waals surface area (Å²) in [4.78, 5) is 24.0. The van der Waals surface area contributed by atoms with Gasteiger partial charge in [-0.25, -0.2) is 9.59 Å². The fourth-order valence-corrected chi connectivity index (χ4v) is 4.18. The van der Waals surface area contributed by atoms with Gasteiger partial charge in [-0.15, -0.1) is 0 Å². The molecule has 0 amide bonds. The van der Waals surface area contributed by atoms with E-state index in [1.54, 1.807) is 0 Å². The van der Waals surface area contributed by atoms with Crippen molar-refractivity contribution in [1.82, 2.24) is 0 Å².